The number of hydrogen-bond acceptors (Lipinski definition) is 8. The van der Waals surface area contributed by atoms with E-state index in [0.29, 0.717) is 36.3 Å². The van der Waals surface area contributed by atoms with Crippen LogP contribution in [0.5, 0.6) is 0 Å². The molecule has 0 unspecified atom stereocenters. The van der Waals surface area contributed by atoms with E-state index in [1.807, 2.05) is 37.3 Å². The molecule has 1 aliphatic heterocycles. The maximum Gasteiger partial charge on any atom is 0.268 e. The third-order valence-corrected chi connectivity index (χ3v) is 9.53. The van der Waals surface area contributed by atoms with Crippen molar-refractivity contribution in [2.75, 3.05) is 32.0 Å². The fourth-order valence-corrected chi connectivity index (χ4v) is 7.18. The Morgan fingerprint density at radius 2 is 1.81 bits per heavy atom. The van der Waals surface area contributed by atoms with Crippen LogP contribution in [0, 0.1) is 6.92 Å². The highest BCUT2D eigenvalue weighted by Gasteiger charge is 2.30. The van der Waals surface area contributed by atoms with Crippen LogP contribution in [0.2, 0.25) is 0 Å². The number of nitrogens with zero attached hydrogens (tertiary/aromatic N) is 5. The minimum atomic E-state index is -4.15. The van der Waals surface area contributed by atoms with Crippen LogP contribution in [-0.2, 0) is 21.3 Å². The number of benzene rings is 3. The van der Waals surface area contributed by atoms with Gasteiger partial charge in [0.05, 0.1) is 52.1 Å². The number of anilines is 1. The zero-order valence-corrected chi connectivity index (χ0v) is 24.2. The molecule has 12 heteroatoms. The third kappa shape index (κ3) is 4.69. The van der Waals surface area contributed by atoms with Crippen LogP contribution < -0.4 is 5.73 Å². The molecule has 6 aromatic rings. The Balaban J connectivity index is 1.37. The molecule has 3 aromatic carbocycles. The van der Waals surface area contributed by atoms with E-state index in [1.54, 1.807) is 30.3 Å². The molecular weight excluding hydrogens is 566 g/mol. The minimum absolute atomic E-state index is 0.0158. The predicted octanol–water partition coefficient (Wildman–Crippen LogP) is 3.89. The number of rotatable bonds is 7. The minimum Gasteiger partial charge on any atom is -0.383 e. The molecule has 4 heterocycles. The number of ether oxygens (including phenoxy) is 1. The summed E-state index contributed by atoms with van der Waals surface area (Å²) in [5.41, 5.74) is 10.2. The summed E-state index contributed by atoms with van der Waals surface area (Å²) in [7, 11) is -4.15. The number of morpholine rings is 1. The largest absolute Gasteiger partial charge is 0.383 e. The van der Waals surface area contributed by atoms with Gasteiger partial charge in [0.2, 0.25) is 5.78 Å². The van der Waals surface area contributed by atoms with Gasteiger partial charge in [-0.05, 0) is 55.0 Å². The molecule has 1 saturated heterocycles. The molecule has 11 nitrogen and oxygen atoms in total. The van der Waals surface area contributed by atoms with E-state index in [0.717, 1.165) is 39.5 Å². The quantitative estimate of drug-likeness (QED) is 0.265. The molecule has 0 radical (unpaired) electrons. The normalized spacial score (nSPS) is 14.5. The highest BCUT2D eigenvalue weighted by atomic mass is 32.2. The number of fused-ring (bicyclic) bond motifs is 2. The monoisotopic (exact) mass is 595 g/mol. The molecule has 218 valence electrons. The first kappa shape index (κ1) is 27.1. The van der Waals surface area contributed by atoms with Gasteiger partial charge in [0.25, 0.3) is 10.0 Å². The number of imidazole rings is 1. The van der Waals surface area contributed by atoms with Gasteiger partial charge >= 0.3 is 0 Å². The van der Waals surface area contributed by atoms with E-state index in [1.165, 1.54) is 23.0 Å². The average molecular weight is 596 g/mol. The molecule has 0 saturated carbocycles. The van der Waals surface area contributed by atoms with Crippen molar-refractivity contribution in [3.8, 4) is 5.69 Å². The van der Waals surface area contributed by atoms with Gasteiger partial charge in [0.1, 0.15) is 17.3 Å². The van der Waals surface area contributed by atoms with E-state index in [9.17, 15) is 13.2 Å². The number of ketones is 1. The van der Waals surface area contributed by atoms with E-state index < -0.39 is 15.8 Å². The molecule has 3 N–H and O–H groups in total. The second-order valence-corrected chi connectivity index (χ2v) is 12.3. The molecule has 0 aliphatic carbocycles. The average Bonchev–Trinajstić information content (AvgIpc) is 3.72. The highest BCUT2D eigenvalue weighted by molar-refractivity contribution is 7.90. The zero-order valence-electron chi connectivity index (χ0n) is 23.4. The first-order chi connectivity index (χ1) is 20.8. The molecule has 43 heavy (non-hydrogen) atoms. The second-order valence-electron chi connectivity index (χ2n) is 10.6. The van der Waals surface area contributed by atoms with Crippen molar-refractivity contribution >= 4 is 43.6 Å². The Kier molecular flexibility index (Phi) is 6.61. The summed E-state index contributed by atoms with van der Waals surface area (Å²) in [4.78, 5) is 24.2. The van der Waals surface area contributed by atoms with Gasteiger partial charge in [-0.15, -0.1) is 0 Å². The molecule has 7 rings (SSSR count). The van der Waals surface area contributed by atoms with E-state index in [-0.39, 0.29) is 22.0 Å². The van der Waals surface area contributed by atoms with Crippen molar-refractivity contribution in [2.24, 2.45) is 0 Å². The molecule has 0 bridgehead atoms. The number of nitrogen functional groups attached to an aromatic ring is 1. The van der Waals surface area contributed by atoms with Gasteiger partial charge in [0.15, 0.2) is 0 Å². The van der Waals surface area contributed by atoms with Crippen LogP contribution in [0.4, 0.5) is 5.82 Å². The number of aromatic nitrogens is 5. The Morgan fingerprint density at radius 1 is 1.02 bits per heavy atom. The van der Waals surface area contributed by atoms with Crippen LogP contribution in [0.25, 0.3) is 27.6 Å². The first-order valence-corrected chi connectivity index (χ1v) is 15.3. The fraction of sp³-hybridized carbons (Fsp3) is 0.194. The summed E-state index contributed by atoms with van der Waals surface area (Å²) in [5, 5.41) is 5.08. The molecule has 3 aromatic heterocycles. The van der Waals surface area contributed by atoms with Crippen molar-refractivity contribution in [2.45, 2.75) is 18.4 Å². The van der Waals surface area contributed by atoms with Crippen LogP contribution in [0.3, 0.4) is 0 Å². The smallest absolute Gasteiger partial charge is 0.268 e. The van der Waals surface area contributed by atoms with E-state index in [4.69, 9.17) is 10.5 Å². The Labute approximate surface area is 247 Å². The molecule has 0 spiro atoms. The number of carbonyl (C=O) groups is 1. The topological polar surface area (TPSA) is 141 Å². The maximum atomic E-state index is 14.2. The maximum absolute atomic E-state index is 14.2. The highest BCUT2D eigenvalue weighted by Crippen LogP contribution is 2.32. The summed E-state index contributed by atoms with van der Waals surface area (Å²) < 4.78 is 36.3. The second kappa shape index (κ2) is 10.5. The number of nitrogens with two attached hydrogens (primary N) is 1. The van der Waals surface area contributed by atoms with Gasteiger partial charge in [-0.3, -0.25) is 9.69 Å². The third-order valence-electron chi connectivity index (χ3n) is 7.78. The van der Waals surface area contributed by atoms with Crippen molar-refractivity contribution in [3.05, 3.63) is 102 Å². The lowest BCUT2D eigenvalue weighted by molar-refractivity contribution is 0.0344. The Bertz CT molecular complexity index is 2110. The van der Waals surface area contributed by atoms with Crippen LogP contribution in [0.15, 0.2) is 83.9 Å². The predicted molar refractivity (Wildman–Crippen MR) is 163 cm³/mol. The van der Waals surface area contributed by atoms with Crippen LogP contribution >= 0.6 is 0 Å². The Morgan fingerprint density at radius 3 is 2.60 bits per heavy atom. The number of aromatic amines is 1. The van der Waals surface area contributed by atoms with E-state index in [2.05, 4.69) is 20.0 Å². The van der Waals surface area contributed by atoms with Crippen molar-refractivity contribution in [1.29, 1.82) is 0 Å². The summed E-state index contributed by atoms with van der Waals surface area (Å²) >= 11 is 0. The molecule has 0 amide bonds. The van der Waals surface area contributed by atoms with Crippen LogP contribution in [0.1, 0.15) is 27.4 Å². The number of aryl methyl sites for hydroxylation is 1. The van der Waals surface area contributed by atoms with Gasteiger partial charge in [-0.25, -0.2) is 22.1 Å². The summed E-state index contributed by atoms with van der Waals surface area (Å²) in [6, 6.07) is 20.8. The fourth-order valence-electron chi connectivity index (χ4n) is 5.65. The summed E-state index contributed by atoms with van der Waals surface area (Å²) in [5.74, 6) is 0.324. The SMILES string of the molecule is Cc1nc2cc(-n3ncc(C(=O)c4cc5c(CN6CCOCC6)cccc5n4S(=O)(=O)c4ccccc4)c3N)ccc2[nH]1. The number of H-pyrrole nitrogens is 1. The van der Waals surface area contributed by atoms with Crippen molar-refractivity contribution in [3.63, 3.8) is 0 Å². The number of carbonyl (C=O) groups excluding carboxylic acids is 1. The Hall–Kier alpha value is -4.78. The molecule has 1 aliphatic rings. The van der Waals surface area contributed by atoms with E-state index >= 15 is 0 Å². The lowest BCUT2D eigenvalue weighted by Crippen LogP contribution is -2.35. The molecular formula is C31H29N7O4S. The van der Waals surface area contributed by atoms with Gasteiger partial charge in [-0.2, -0.15) is 5.10 Å². The van der Waals surface area contributed by atoms with Gasteiger partial charge < -0.3 is 15.5 Å². The van der Waals surface area contributed by atoms with Gasteiger partial charge in [-0.1, -0.05) is 30.3 Å². The van der Waals surface area contributed by atoms with Crippen molar-refractivity contribution in [1.82, 2.24) is 28.6 Å². The lowest BCUT2D eigenvalue weighted by Gasteiger charge is -2.26. The number of hydrogen-bond donors (Lipinski definition) is 2. The lowest BCUT2D eigenvalue weighted by atomic mass is 10.1. The standard InChI is InChI=1S/C31H29N7O4S/c1-20-34-26-11-10-22(16-27(26)35-20)37-31(32)25(18-33-37)30(39)29-17-24-21(19-36-12-14-42-15-13-36)6-5-9-28(24)38(29)43(40,41)23-7-3-2-4-8-23/h2-11,16-18H,12-15,19,32H2,1H3,(H,34,35). The molecule has 1 fully saturated rings. The van der Waals surface area contributed by atoms with Crippen LogP contribution in [-0.4, -0.2) is 69.1 Å². The summed E-state index contributed by atoms with van der Waals surface area (Å²) in [6.07, 6.45) is 1.38. The van der Waals surface area contributed by atoms with Crippen molar-refractivity contribution < 1.29 is 17.9 Å². The molecule has 0 atom stereocenters. The zero-order chi connectivity index (χ0) is 29.7. The first-order valence-electron chi connectivity index (χ1n) is 13.9. The van der Waals surface area contributed by atoms with Gasteiger partial charge in [0, 0.05) is 25.0 Å². The summed E-state index contributed by atoms with van der Waals surface area (Å²) in [6.45, 7) is 5.28. The number of nitrogens with one attached hydrogen (secondary N) is 1.